The third-order valence-corrected chi connectivity index (χ3v) is 3.85. The first-order chi connectivity index (χ1) is 12.9. The third-order valence-electron chi connectivity index (χ3n) is 3.85. The zero-order valence-electron chi connectivity index (χ0n) is 14.3. The zero-order valence-corrected chi connectivity index (χ0v) is 14.3. The molecule has 1 aliphatic rings. The monoisotopic (exact) mass is 381 g/mol. The number of ether oxygens (including phenoxy) is 2. The van der Waals surface area contributed by atoms with Crippen LogP contribution in [0.3, 0.4) is 0 Å². The van der Waals surface area contributed by atoms with Gasteiger partial charge in [-0.05, 0) is 30.3 Å². The molecule has 144 valence electrons. The number of hydrogen-bond donors (Lipinski definition) is 2. The summed E-state index contributed by atoms with van der Waals surface area (Å²) in [7, 11) is 0. The highest BCUT2D eigenvalue weighted by molar-refractivity contribution is 5.90. The predicted molar refractivity (Wildman–Crippen MR) is 91.6 cm³/mol. The second-order valence-corrected chi connectivity index (χ2v) is 5.99. The van der Waals surface area contributed by atoms with E-state index in [1.165, 1.54) is 24.4 Å². The molecule has 1 amide bonds. The van der Waals surface area contributed by atoms with Crippen LogP contribution in [0.1, 0.15) is 12.0 Å². The van der Waals surface area contributed by atoms with Gasteiger partial charge in [-0.15, -0.1) is 0 Å². The first-order valence-electron chi connectivity index (χ1n) is 8.32. The van der Waals surface area contributed by atoms with Crippen LogP contribution in [0.15, 0.2) is 42.6 Å². The van der Waals surface area contributed by atoms with Crippen LogP contribution in [0, 0.1) is 0 Å². The van der Waals surface area contributed by atoms with Gasteiger partial charge in [0.1, 0.15) is 5.75 Å². The normalized spacial score (nSPS) is 17.4. The van der Waals surface area contributed by atoms with E-state index in [1.54, 1.807) is 6.07 Å². The Labute approximate surface area is 153 Å². The Bertz CT molecular complexity index is 758. The van der Waals surface area contributed by atoms with E-state index in [4.69, 9.17) is 9.47 Å². The maximum Gasteiger partial charge on any atom is 0.416 e. The van der Waals surface area contributed by atoms with Crippen molar-refractivity contribution in [1.82, 2.24) is 10.3 Å². The number of aromatic nitrogens is 1. The number of alkyl halides is 3. The molecule has 1 aromatic carbocycles. The van der Waals surface area contributed by atoms with Crippen LogP contribution in [0.4, 0.5) is 18.9 Å². The standard InChI is InChI=1S/C18H18F3N3O3/c19-18(20,21)12-1-4-15(5-2-12)27-17-6-3-13(10-23-17)24-16(25)9-14-11-26-8-7-22-14/h1-6,10,14,22H,7-9,11H2,(H,24,25). The molecular weight excluding hydrogens is 363 g/mol. The fourth-order valence-corrected chi connectivity index (χ4v) is 2.53. The smallest absolute Gasteiger partial charge is 0.416 e. The highest BCUT2D eigenvalue weighted by Gasteiger charge is 2.30. The van der Waals surface area contributed by atoms with Crippen molar-refractivity contribution in [2.45, 2.75) is 18.6 Å². The van der Waals surface area contributed by atoms with Crippen molar-refractivity contribution in [1.29, 1.82) is 0 Å². The molecule has 27 heavy (non-hydrogen) atoms. The SMILES string of the molecule is O=C(CC1COCCN1)Nc1ccc(Oc2ccc(C(F)(F)F)cc2)nc1. The number of anilines is 1. The Balaban J connectivity index is 1.53. The molecule has 0 bridgehead atoms. The first-order valence-corrected chi connectivity index (χ1v) is 8.32. The summed E-state index contributed by atoms with van der Waals surface area (Å²) >= 11 is 0. The van der Waals surface area contributed by atoms with Crippen LogP contribution in [0.2, 0.25) is 0 Å². The van der Waals surface area contributed by atoms with E-state index < -0.39 is 11.7 Å². The van der Waals surface area contributed by atoms with Crippen LogP contribution >= 0.6 is 0 Å². The summed E-state index contributed by atoms with van der Waals surface area (Å²) in [6, 6.07) is 7.43. The molecule has 2 aromatic rings. The fraction of sp³-hybridized carbons (Fsp3) is 0.333. The molecule has 1 saturated heterocycles. The molecule has 0 aliphatic carbocycles. The van der Waals surface area contributed by atoms with Crippen molar-refractivity contribution >= 4 is 11.6 Å². The lowest BCUT2D eigenvalue weighted by atomic mass is 10.2. The highest BCUT2D eigenvalue weighted by atomic mass is 19.4. The van der Waals surface area contributed by atoms with Crippen molar-refractivity contribution < 1.29 is 27.4 Å². The lowest BCUT2D eigenvalue weighted by Gasteiger charge is -2.23. The minimum absolute atomic E-state index is 0.0195. The maximum absolute atomic E-state index is 12.5. The molecule has 6 nitrogen and oxygen atoms in total. The summed E-state index contributed by atoms with van der Waals surface area (Å²) in [4.78, 5) is 16.1. The van der Waals surface area contributed by atoms with Gasteiger partial charge in [-0.3, -0.25) is 4.79 Å². The quantitative estimate of drug-likeness (QED) is 0.832. The number of benzene rings is 1. The van der Waals surface area contributed by atoms with Crippen LogP contribution in [-0.2, 0) is 15.7 Å². The minimum atomic E-state index is -4.39. The van der Waals surface area contributed by atoms with Gasteiger partial charge in [-0.2, -0.15) is 13.2 Å². The van der Waals surface area contributed by atoms with Gasteiger partial charge in [0.25, 0.3) is 0 Å². The first kappa shape index (κ1) is 19.1. The Morgan fingerprint density at radius 2 is 2.04 bits per heavy atom. The van der Waals surface area contributed by atoms with Gasteiger partial charge in [0.15, 0.2) is 0 Å². The number of pyridine rings is 1. The van der Waals surface area contributed by atoms with Crippen LogP contribution in [0.5, 0.6) is 11.6 Å². The van der Waals surface area contributed by atoms with Gasteiger partial charge in [0, 0.05) is 25.1 Å². The molecule has 1 aliphatic heterocycles. The summed E-state index contributed by atoms with van der Waals surface area (Å²) in [6.45, 7) is 1.85. The number of nitrogens with zero attached hydrogens (tertiary/aromatic N) is 1. The second-order valence-electron chi connectivity index (χ2n) is 5.99. The van der Waals surface area contributed by atoms with E-state index in [2.05, 4.69) is 15.6 Å². The van der Waals surface area contributed by atoms with Gasteiger partial charge in [0.05, 0.1) is 30.7 Å². The lowest BCUT2D eigenvalue weighted by molar-refractivity contribution is -0.137. The predicted octanol–water partition coefficient (Wildman–Crippen LogP) is 3.21. The molecule has 0 saturated carbocycles. The summed E-state index contributed by atoms with van der Waals surface area (Å²) in [5, 5.41) is 5.92. The van der Waals surface area contributed by atoms with E-state index in [0.717, 1.165) is 18.7 Å². The molecule has 0 radical (unpaired) electrons. The topological polar surface area (TPSA) is 72.5 Å². The maximum atomic E-state index is 12.5. The number of hydrogen-bond acceptors (Lipinski definition) is 5. The summed E-state index contributed by atoms with van der Waals surface area (Å²) in [6.07, 6.45) is -2.69. The van der Waals surface area contributed by atoms with E-state index in [-0.39, 0.29) is 30.0 Å². The molecular formula is C18H18F3N3O3. The molecule has 1 atom stereocenters. The molecule has 2 heterocycles. The number of morpholine rings is 1. The average molecular weight is 381 g/mol. The highest BCUT2D eigenvalue weighted by Crippen LogP contribution is 2.31. The molecule has 1 fully saturated rings. The van der Waals surface area contributed by atoms with E-state index in [9.17, 15) is 18.0 Å². The summed E-state index contributed by atoms with van der Waals surface area (Å²) < 4.78 is 48.3. The molecule has 9 heteroatoms. The number of halogens is 3. The molecule has 1 unspecified atom stereocenters. The van der Waals surface area contributed by atoms with Crippen molar-refractivity contribution in [3.05, 3.63) is 48.2 Å². The van der Waals surface area contributed by atoms with E-state index in [1.807, 2.05) is 0 Å². The Morgan fingerprint density at radius 1 is 1.26 bits per heavy atom. The van der Waals surface area contributed by atoms with Gasteiger partial charge in [-0.25, -0.2) is 4.98 Å². The molecule has 3 rings (SSSR count). The second kappa shape index (κ2) is 8.36. The van der Waals surface area contributed by atoms with Crippen LogP contribution in [0.25, 0.3) is 0 Å². The van der Waals surface area contributed by atoms with E-state index in [0.29, 0.717) is 18.9 Å². The van der Waals surface area contributed by atoms with Gasteiger partial charge >= 0.3 is 6.18 Å². The number of rotatable bonds is 5. The van der Waals surface area contributed by atoms with Crippen molar-refractivity contribution in [2.24, 2.45) is 0 Å². The number of carbonyl (C=O) groups excluding carboxylic acids is 1. The summed E-state index contributed by atoms with van der Waals surface area (Å²) in [5.41, 5.74) is -0.254. The Kier molecular flexibility index (Phi) is 5.92. The fourth-order valence-electron chi connectivity index (χ4n) is 2.53. The lowest BCUT2D eigenvalue weighted by Crippen LogP contribution is -2.43. The molecule has 0 spiro atoms. The van der Waals surface area contributed by atoms with Gasteiger partial charge in [-0.1, -0.05) is 0 Å². The largest absolute Gasteiger partial charge is 0.439 e. The Hall–Kier alpha value is -2.65. The van der Waals surface area contributed by atoms with Crippen LogP contribution in [-0.4, -0.2) is 36.7 Å². The summed E-state index contributed by atoms with van der Waals surface area (Å²) in [5.74, 6) is 0.266. The van der Waals surface area contributed by atoms with E-state index >= 15 is 0 Å². The zero-order chi connectivity index (χ0) is 19.3. The Morgan fingerprint density at radius 3 is 2.63 bits per heavy atom. The average Bonchev–Trinajstić information content (AvgIpc) is 2.64. The van der Waals surface area contributed by atoms with Gasteiger partial charge < -0.3 is 20.1 Å². The van der Waals surface area contributed by atoms with Crippen LogP contribution < -0.4 is 15.4 Å². The number of carbonyl (C=O) groups is 1. The van der Waals surface area contributed by atoms with Crippen molar-refractivity contribution in [3.8, 4) is 11.6 Å². The number of nitrogens with one attached hydrogen (secondary N) is 2. The van der Waals surface area contributed by atoms with Crippen molar-refractivity contribution in [2.75, 3.05) is 25.1 Å². The number of amides is 1. The van der Waals surface area contributed by atoms with Gasteiger partial charge in [0.2, 0.25) is 11.8 Å². The van der Waals surface area contributed by atoms with Crippen molar-refractivity contribution in [3.63, 3.8) is 0 Å². The molecule has 2 N–H and O–H groups in total. The molecule has 1 aromatic heterocycles. The third kappa shape index (κ3) is 5.66. The minimum Gasteiger partial charge on any atom is -0.439 e.